The number of carbonyl (C=O) groups is 2. The molecule has 1 saturated heterocycles. The van der Waals surface area contributed by atoms with Crippen molar-refractivity contribution in [1.29, 1.82) is 0 Å². The minimum Gasteiger partial charge on any atom is -0.348 e. The predicted octanol–water partition coefficient (Wildman–Crippen LogP) is 0.691. The average molecular weight is 375 g/mol. The van der Waals surface area contributed by atoms with Gasteiger partial charge in [0.05, 0.1) is 6.26 Å². The second-order valence-electron chi connectivity index (χ2n) is 5.90. The van der Waals surface area contributed by atoms with Gasteiger partial charge in [-0.05, 0) is 30.9 Å². The Balaban J connectivity index is 1.78. The number of rotatable bonds is 4. The second kappa shape index (κ2) is 7.87. The van der Waals surface area contributed by atoms with Crippen LogP contribution in [-0.4, -0.2) is 50.4 Å². The molecule has 1 aliphatic rings. The summed E-state index contributed by atoms with van der Waals surface area (Å²) < 4.78 is 50.1. The number of nitrogens with one attached hydrogen (secondary N) is 2. The molecular formula is C15H19F2N3O4S. The van der Waals surface area contributed by atoms with E-state index in [1.807, 2.05) is 0 Å². The fraction of sp³-hybridized carbons (Fsp3) is 0.467. The van der Waals surface area contributed by atoms with Crippen LogP contribution in [0.15, 0.2) is 18.2 Å². The van der Waals surface area contributed by atoms with Gasteiger partial charge in [0.25, 0.3) is 0 Å². The number of anilines is 1. The highest BCUT2D eigenvalue weighted by Gasteiger charge is 2.25. The Morgan fingerprint density at radius 2 is 1.80 bits per heavy atom. The van der Waals surface area contributed by atoms with Gasteiger partial charge in [0.15, 0.2) is 11.6 Å². The minimum atomic E-state index is -3.21. The fourth-order valence-corrected chi connectivity index (χ4v) is 3.40. The van der Waals surface area contributed by atoms with Crippen LogP contribution in [-0.2, 0) is 19.6 Å². The molecule has 0 unspecified atom stereocenters. The highest BCUT2D eigenvalue weighted by molar-refractivity contribution is 7.88. The molecule has 0 radical (unpaired) electrons. The monoisotopic (exact) mass is 375 g/mol. The van der Waals surface area contributed by atoms with Crippen molar-refractivity contribution < 1.29 is 26.8 Å². The van der Waals surface area contributed by atoms with Crippen LogP contribution < -0.4 is 10.6 Å². The lowest BCUT2D eigenvalue weighted by Crippen LogP contribution is -2.43. The van der Waals surface area contributed by atoms with Crippen LogP contribution in [0.1, 0.15) is 12.8 Å². The molecule has 0 atom stereocenters. The number of hydrogen-bond acceptors (Lipinski definition) is 4. The van der Waals surface area contributed by atoms with Gasteiger partial charge in [0, 0.05) is 31.4 Å². The van der Waals surface area contributed by atoms with E-state index in [9.17, 15) is 26.8 Å². The van der Waals surface area contributed by atoms with Gasteiger partial charge < -0.3 is 10.6 Å². The first-order valence-corrected chi connectivity index (χ1v) is 9.51. The van der Waals surface area contributed by atoms with Gasteiger partial charge in [0.2, 0.25) is 10.0 Å². The molecule has 10 heteroatoms. The summed E-state index contributed by atoms with van der Waals surface area (Å²) in [5.74, 6) is -3.99. The smallest absolute Gasteiger partial charge is 0.313 e. The number of hydrogen-bond donors (Lipinski definition) is 2. The quantitative estimate of drug-likeness (QED) is 0.757. The van der Waals surface area contributed by atoms with E-state index in [-0.39, 0.29) is 18.2 Å². The number of amides is 2. The number of nitrogens with zero attached hydrogens (tertiary/aromatic N) is 1. The van der Waals surface area contributed by atoms with E-state index >= 15 is 0 Å². The summed E-state index contributed by atoms with van der Waals surface area (Å²) in [6, 6.07) is 2.77. The van der Waals surface area contributed by atoms with Crippen molar-refractivity contribution in [2.45, 2.75) is 12.8 Å². The van der Waals surface area contributed by atoms with E-state index < -0.39 is 33.5 Å². The van der Waals surface area contributed by atoms with Crippen LogP contribution in [0.25, 0.3) is 0 Å². The van der Waals surface area contributed by atoms with E-state index in [1.54, 1.807) is 0 Å². The maximum Gasteiger partial charge on any atom is 0.313 e. The predicted molar refractivity (Wildman–Crippen MR) is 87.1 cm³/mol. The molecule has 25 heavy (non-hydrogen) atoms. The SMILES string of the molecule is CS(=O)(=O)N1CCC(CNC(=O)C(=O)Nc2ccc(F)c(F)c2)CC1. The molecule has 0 spiro atoms. The molecule has 1 aromatic carbocycles. The largest absolute Gasteiger partial charge is 0.348 e. The van der Waals surface area contributed by atoms with Gasteiger partial charge in [-0.25, -0.2) is 21.5 Å². The Kier molecular flexibility index (Phi) is 6.07. The van der Waals surface area contributed by atoms with Crippen LogP contribution in [0.4, 0.5) is 14.5 Å². The van der Waals surface area contributed by atoms with Crippen molar-refractivity contribution in [3.8, 4) is 0 Å². The summed E-state index contributed by atoms with van der Waals surface area (Å²) in [5.41, 5.74) is -0.0273. The number of halogens is 2. The Labute approximate surface area is 144 Å². The highest BCUT2D eigenvalue weighted by atomic mass is 32.2. The topological polar surface area (TPSA) is 95.6 Å². The van der Waals surface area contributed by atoms with Crippen LogP contribution in [0, 0.1) is 17.6 Å². The lowest BCUT2D eigenvalue weighted by atomic mass is 9.98. The van der Waals surface area contributed by atoms with Crippen LogP contribution >= 0.6 is 0 Å². The van der Waals surface area contributed by atoms with Crippen LogP contribution in [0.3, 0.4) is 0 Å². The van der Waals surface area contributed by atoms with Crippen LogP contribution in [0.2, 0.25) is 0 Å². The van der Waals surface area contributed by atoms with E-state index in [0.717, 1.165) is 24.5 Å². The highest BCUT2D eigenvalue weighted by Crippen LogP contribution is 2.18. The molecule has 0 aromatic heterocycles. The summed E-state index contributed by atoms with van der Waals surface area (Å²) >= 11 is 0. The molecule has 1 aromatic rings. The number of piperidine rings is 1. The number of sulfonamides is 1. The normalized spacial score (nSPS) is 16.4. The summed E-state index contributed by atoms with van der Waals surface area (Å²) in [6.07, 6.45) is 2.31. The first-order chi connectivity index (χ1) is 11.7. The van der Waals surface area contributed by atoms with Gasteiger partial charge in [0.1, 0.15) is 0 Å². The first-order valence-electron chi connectivity index (χ1n) is 7.66. The maximum atomic E-state index is 13.1. The average Bonchev–Trinajstić information content (AvgIpc) is 2.55. The molecule has 1 fully saturated rings. The minimum absolute atomic E-state index is 0.0273. The zero-order valence-electron chi connectivity index (χ0n) is 13.6. The van der Waals surface area contributed by atoms with Gasteiger partial charge >= 0.3 is 11.8 Å². The number of benzene rings is 1. The first kappa shape index (κ1) is 19.3. The molecule has 0 saturated carbocycles. The van der Waals surface area contributed by atoms with E-state index in [4.69, 9.17) is 0 Å². The van der Waals surface area contributed by atoms with E-state index in [1.165, 1.54) is 4.31 Å². The Morgan fingerprint density at radius 1 is 1.16 bits per heavy atom. The molecular weight excluding hydrogens is 356 g/mol. The molecule has 138 valence electrons. The summed E-state index contributed by atoms with van der Waals surface area (Å²) in [5, 5.41) is 4.64. The van der Waals surface area contributed by atoms with Crippen molar-refractivity contribution in [3.05, 3.63) is 29.8 Å². The standard InChI is InChI=1S/C15H19F2N3O4S/c1-25(23,24)20-6-4-10(5-7-20)9-18-14(21)15(22)19-11-2-3-12(16)13(17)8-11/h2-3,8,10H,4-7,9H2,1H3,(H,18,21)(H,19,22). The van der Waals surface area contributed by atoms with Crippen molar-refractivity contribution in [3.63, 3.8) is 0 Å². The lowest BCUT2D eigenvalue weighted by molar-refractivity contribution is -0.136. The third-order valence-corrected chi connectivity index (χ3v) is 5.28. The van der Waals surface area contributed by atoms with Gasteiger partial charge in [-0.3, -0.25) is 9.59 Å². The molecule has 1 aliphatic heterocycles. The van der Waals surface area contributed by atoms with Crippen molar-refractivity contribution >= 4 is 27.5 Å². The summed E-state index contributed by atoms with van der Waals surface area (Å²) in [4.78, 5) is 23.5. The molecule has 2 rings (SSSR count). The molecule has 2 amide bonds. The maximum absolute atomic E-state index is 13.1. The summed E-state index contributed by atoms with van der Waals surface area (Å²) in [7, 11) is -3.21. The van der Waals surface area contributed by atoms with Crippen LogP contribution in [0.5, 0.6) is 0 Å². The third-order valence-electron chi connectivity index (χ3n) is 3.98. The van der Waals surface area contributed by atoms with Crippen molar-refractivity contribution in [2.75, 3.05) is 31.2 Å². The molecule has 0 aliphatic carbocycles. The lowest BCUT2D eigenvalue weighted by Gasteiger charge is -2.30. The van der Waals surface area contributed by atoms with Crippen molar-refractivity contribution in [1.82, 2.24) is 9.62 Å². The second-order valence-corrected chi connectivity index (χ2v) is 7.88. The number of carbonyl (C=O) groups excluding carboxylic acids is 2. The summed E-state index contributed by atoms with van der Waals surface area (Å²) in [6.45, 7) is 0.989. The van der Waals surface area contributed by atoms with Gasteiger partial charge in [-0.15, -0.1) is 0 Å². The third kappa shape index (κ3) is 5.46. The zero-order chi connectivity index (χ0) is 18.6. The van der Waals surface area contributed by atoms with Gasteiger partial charge in [-0.2, -0.15) is 0 Å². The Morgan fingerprint density at radius 3 is 2.36 bits per heavy atom. The van der Waals surface area contributed by atoms with E-state index in [2.05, 4.69) is 10.6 Å². The fourth-order valence-electron chi connectivity index (χ4n) is 2.52. The van der Waals surface area contributed by atoms with Gasteiger partial charge in [-0.1, -0.05) is 0 Å². The molecule has 2 N–H and O–H groups in total. The molecule has 0 bridgehead atoms. The van der Waals surface area contributed by atoms with Crippen molar-refractivity contribution in [2.24, 2.45) is 5.92 Å². The Bertz CT molecular complexity index is 762. The Hall–Kier alpha value is -2.07. The molecule has 7 nitrogen and oxygen atoms in total. The van der Waals surface area contributed by atoms with E-state index in [0.29, 0.717) is 25.9 Å². The molecule has 1 heterocycles. The zero-order valence-corrected chi connectivity index (χ0v) is 14.4.